The highest BCUT2D eigenvalue weighted by Gasteiger charge is 2.10. The van der Waals surface area contributed by atoms with Gasteiger partial charge in [0.2, 0.25) is 0 Å². The molecular formula is C16H30N2O. The summed E-state index contributed by atoms with van der Waals surface area (Å²) < 4.78 is 5.88. The first-order chi connectivity index (χ1) is 9.05. The SMILES string of the molecule is CCC(C)CN(CC)Cc1ccc(CNC(C)C)o1. The summed E-state index contributed by atoms with van der Waals surface area (Å²) >= 11 is 0. The van der Waals surface area contributed by atoms with Crippen LogP contribution >= 0.6 is 0 Å². The minimum atomic E-state index is 0.492. The van der Waals surface area contributed by atoms with E-state index in [1.807, 2.05) is 0 Å². The van der Waals surface area contributed by atoms with Gasteiger partial charge in [-0.1, -0.05) is 41.0 Å². The van der Waals surface area contributed by atoms with Crippen LogP contribution in [0, 0.1) is 5.92 Å². The highest BCUT2D eigenvalue weighted by molar-refractivity contribution is 5.07. The molecule has 0 amide bonds. The molecule has 1 unspecified atom stereocenters. The number of rotatable bonds is 9. The van der Waals surface area contributed by atoms with Crippen molar-refractivity contribution in [1.82, 2.24) is 10.2 Å². The Morgan fingerprint density at radius 3 is 2.42 bits per heavy atom. The largest absolute Gasteiger partial charge is 0.463 e. The number of nitrogens with zero attached hydrogens (tertiary/aromatic N) is 1. The summed E-state index contributed by atoms with van der Waals surface area (Å²) in [6.07, 6.45) is 1.23. The van der Waals surface area contributed by atoms with Gasteiger partial charge in [-0.2, -0.15) is 0 Å². The van der Waals surface area contributed by atoms with E-state index in [0.717, 1.165) is 43.6 Å². The predicted molar refractivity (Wildman–Crippen MR) is 81.1 cm³/mol. The molecule has 0 saturated heterocycles. The van der Waals surface area contributed by atoms with E-state index in [1.54, 1.807) is 0 Å². The minimum Gasteiger partial charge on any atom is -0.463 e. The second kappa shape index (κ2) is 8.39. The van der Waals surface area contributed by atoms with Crippen LogP contribution < -0.4 is 5.32 Å². The van der Waals surface area contributed by atoms with Gasteiger partial charge in [-0.05, 0) is 24.6 Å². The van der Waals surface area contributed by atoms with Crippen molar-refractivity contribution < 1.29 is 4.42 Å². The Morgan fingerprint density at radius 2 is 1.84 bits per heavy atom. The molecule has 1 N–H and O–H groups in total. The van der Waals surface area contributed by atoms with E-state index < -0.39 is 0 Å². The molecule has 0 aliphatic carbocycles. The van der Waals surface area contributed by atoms with E-state index in [4.69, 9.17) is 4.42 Å². The molecule has 0 saturated carbocycles. The molecule has 1 heterocycles. The van der Waals surface area contributed by atoms with Gasteiger partial charge in [-0.3, -0.25) is 4.90 Å². The number of hydrogen-bond donors (Lipinski definition) is 1. The smallest absolute Gasteiger partial charge is 0.118 e. The molecule has 0 aliphatic heterocycles. The Balaban J connectivity index is 2.46. The van der Waals surface area contributed by atoms with Gasteiger partial charge in [0, 0.05) is 12.6 Å². The molecular weight excluding hydrogens is 236 g/mol. The van der Waals surface area contributed by atoms with Crippen LogP contribution in [-0.4, -0.2) is 24.0 Å². The molecule has 1 atom stereocenters. The Kier molecular flexibility index (Phi) is 7.17. The second-order valence-electron chi connectivity index (χ2n) is 5.74. The average molecular weight is 266 g/mol. The summed E-state index contributed by atoms with van der Waals surface area (Å²) in [7, 11) is 0. The quantitative estimate of drug-likeness (QED) is 0.739. The third-order valence-electron chi connectivity index (χ3n) is 3.50. The van der Waals surface area contributed by atoms with E-state index in [0.29, 0.717) is 6.04 Å². The maximum absolute atomic E-state index is 5.88. The van der Waals surface area contributed by atoms with Gasteiger partial charge in [0.1, 0.15) is 11.5 Å². The Labute approximate surface area is 118 Å². The van der Waals surface area contributed by atoms with Gasteiger partial charge in [-0.15, -0.1) is 0 Å². The van der Waals surface area contributed by atoms with Crippen molar-refractivity contribution in [2.45, 2.75) is 60.2 Å². The van der Waals surface area contributed by atoms with E-state index in [1.165, 1.54) is 6.42 Å². The van der Waals surface area contributed by atoms with Crippen molar-refractivity contribution in [2.24, 2.45) is 5.92 Å². The molecule has 110 valence electrons. The van der Waals surface area contributed by atoms with Crippen LogP contribution in [0.5, 0.6) is 0 Å². The normalized spacial score (nSPS) is 13.4. The van der Waals surface area contributed by atoms with Crippen molar-refractivity contribution in [1.29, 1.82) is 0 Å². The average Bonchev–Trinajstić information content (AvgIpc) is 2.83. The first kappa shape index (κ1) is 16.3. The van der Waals surface area contributed by atoms with Crippen molar-refractivity contribution >= 4 is 0 Å². The first-order valence-corrected chi connectivity index (χ1v) is 7.58. The maximum Gasteiger partial charge on any atom is 0.118 e. The zero-order valence-electron chi connectivity index (χ0n) is 13.2. The number of nitrogens with one attached hydrogen (secondary N) is 1. The Hall–Kier alpha value is -0.800. The molecule has 0 spiro atoms. The Bertz CT molecular complexity index is 346. The molecule has 19 heavy (non-hydrogen) atoms. The summed E-state index contributed by atoms with van der Waals surface area (Å²) in [4.78, 5) is 2.45. The fourth-order valence-corrected chi connectivity index (χ4v) is 2.00. The zero-order valence-corrected chi connectivity index (χ0v) is 13.2. The van der Waals surface area contributed by atoms with Crippen molar-refractivity contribution in [3.63, 3.8) is 0 Å². The zero-order chi connectivity index (χ0) is 14.3. The summed E-state index contributed by atoms with van der Waals surface area (Å²) in [6, 6.07) is 4.68. The molecule has 3 heteroatoms. The predicted octanol–water partition coefficient (Wildman–Crippen LogP) is 3.65. The van der Waals surface area contributed by atoms with Crippen molar-refractivity contribution in [3.8, 4) is 0 Å². The number of hydrogen-bond acceptors (Lipinski definition) is 3. The van der Waals surface area contributed by atoms with E-state index in [9.17, 15) is 0 Å². The monoisotopic (exact) mass is 266 g/mol. The lowest BCUT2D eigenvalue weighted by atomic mass is 10.1. The van der Waals surface area contributed by atoms with Crippen molar-refractivity contribution in [3.05, 3.63) is 23.7 Å². The topological polar surface area (TPSA) is 28.4 Å². The number of furan rings is 1. The Morgan fingerprint density at radius 1 is 1.16 bits per heavy atom. The van der Waals surface area contributed by atoms with Gasteiger partial charge in [0.05, 0.1) is 13.1 Å². The molecule has 0 aliphatic rings. The van der Waals surface area contributed by atoms with Crippen LogP contribution in [0.25, 0.3) is 0 Å². The third kappa shape index (κ3) is 6.26. The molecule has 1 aromatic heterocycles. The molecule has 1 aromatic rings. The summed E-state index contributed by atoms with van der Waals surface area (Å²) in [5.74, 6) is 2.85. The lowest BCUT2D eigenvalue weighted by molar-refractivity contribution is 0.218. The van der Waals surface area contributed by atoms with E-state index in [-0.39, 0.29) is 0 Å². The van der Waals surface area contributed by atoms with Crippen LogP contribution in [0.3, 0.4) is 0 Å². The van der Waals surface area contributed by atoms with Crippen LogP contribution in [0.1, 0.15) is 52.6 Å². The fraction of sp³-hybridized carbons (Fsp3) is 0.750. The van der Waals surface area contributed by atoms with Crippen LogP contribution in [-0.2, 0) is 13.1 Å². The van der Waals surface area contributed by atoms with Gasteiger partial charge < -0.3 is 9.73 Å². The summed E-state index contributed by atoms with van der Waals surface area (Å²) in [5.41, 5.74) is 0. The first-order valence-electron chi connectivity index (χ1n) is 7.58. The summed E-state index contributed by atoms with van der Waals surface area (Å²) in [6.45, 7) is 15.0. The van der Waals surface area contributed by atoms with Crippen LogP contribution in [0.4, 0.5) is 0 Å². The maximum atomic E-state index is 5.88. The van der Waals surface area contributed by atoms with Gasteiger partial charge in [0.15, 0.2) is 0 Å². The summed E-state index contributed by atoms with van der Waals surface area (Å²) in [5, 5.41) is 3.38. The highest BCUT2D eigenvalue weighted by Crippen LogP contribution is 2.13. The van der Waals surface area contributed by atoms with E-state index >= 15 is 0 Å². The van der Waals surface area contributed by atoms with Crippen molar-refractivity contribution in [2.75, 3.05) is 13.1 Å². The fourth-order valence-electron chi connectivity index (χ4n) is 2.00. The van der Waals surface area contributed by atoms with Crippen LogP contribution in [0.15, 0.2) is 16.5 Å². The minimum absolute atomic E-state index is 0.492. The van der Waals surface area contributed by atoms with Gasteiger partial charge in [0.25, 0.3) is 0 Å². The lowest BCUT2D eigenvalue weighted by Crippen LogP contribution is -2.27. The standard InChI is InChI=1S/C16H30N2O/c1-6-14(5)11-18(7-2)12-16-9-8-15(19-16)10-17-13(3)4/h8-9,13-14,17H,6-7,10-12H2,1-5H3. The molecule has 0 fully saturated rings. The van der Waals surface area contributed by atoms with E-state index in [2.05, 4.69) is 57.0 Å². The molecule has 1 rings (SSSR count). The second-order valence-corrected chi connectivity index (χ2v) is 5.74. The molecule has 0 aromatic carbocycles. The third-order valence-corrected chi connectivity index (χ3v) is 3.50. The molecule has 3 nitrogen and oxygen atoms in total. The van der Waals surface area contributed by atoms with Gasteiger partial charge >= 0.3 is 0 Å². The molecule has 0 radical (unpaired) electrons. The lowest BCUT2D eigenvalue weighted by Gasteiger charge is -2.22. The van der Waals surface area contributed by atoms with Crippen LogP contribution in [0.2, 0.25) is 0 Å². The molecule has 0 bridgehead atoms. The highest BCUT2D eigenvalue weighted by atomic mass is 16.3. The van der Waals surface area contributed by atoms with Gasteiger partial charge in [-0.25, -0.2) is 0 Å².